The van der Waals surface area contributed by atoms with Gasteiger partial charge in [0.05, 0.1) is 11.6 Å². The molecule has 0 radical (unpaired) electrons. The lowest BCUT2D eigenvalue weighted by Gasteiger charge is -2.12. The molecule has 0 saturated carbocycles. The second-order valence-electron chi connectivity index (χ2n) is 4.79. The van der Waals surface area contributed by atoms with Crippen molar-refractivity contribution in [3.8, 4) is 5.75 Å². The van der Waals surface area contributed by atoms with Gasteiger partial charge in [-0.15, -0.1) is 0 Å². The van der Waals surface area contributed by atoms with Gasteiger partial charge in [-0.05, 0) is 51.7 Å². The second kappa shape index (κ2) is 8.80. The van der Waals surface area contributed by atoms with Gasteiger partial charge in [0.1, 0.15) is 5.75 Å². The van der Waals surface area contributed by atoms with Crippen LogP contribution in [0.1, 0.15) is 12.0 Å². The van der Waals surface area contributed by atoms with Gasteiger partial charge >= 0.3 is 0 Å². The molecule has 1 N–H and O–H groups in total. The molecular weight excluding hydrogens is 328 g/mol. The normalized spacial score (nSPS) is 11.1. The molecule has 0 bridgehead atoms. The smallest absolute Gasteiger partial charge is 0.140 e. The zero-order valence-corrected chi connectivity index (χ0v) is 14.1. The third-order valence-corrected chi connectivity index (χ3v) is 3.41. The van der Waals surface area contributed by atoms with Crippen molar-refractivity contribution in [1.29, 1.82) is 0 Å². The van der Waals surface area contributed by atoms with Gasteiger partial charge < -0.3 is 15.0 Å². The lowest BCUT2D eigenvalue weighted by Crippen LogP contribution is -2.27. The van der Waals surface area contributed by atoms with Crippen LogP contribution < -0.4 is 10.1 Å². The first kappa shape index (κ1) is 16.8. The van der Waals surface area contributed by atoms with E-state index in [4.69, 9.17) is 16.3 Å². The van der Waals surface area contributed by atoms with E-state index in [1.54, 1.807) is 0 Å². The zero-order valence-electron chi connectivity index (χ0n) is 11.8. The van der Waals surface area contributed by atoms with Gasteiger partial charge in [0.2, 0.25) is 0 Å². The van der Waals surface area contributed by atoms with Crippen molar-refractivity contribution in [2.45, 2.75) is 13.3 Å². The second-order valence-corrected chi connectivity index (χ2v) is 6.11. The summed E-state index contributed by atoms with van der Waals surface area (Å²) in [5, 5.41) is 4.04. The van der Waals surface area contributed by atoms with Crippen molar-refractivity contribution in [3.63, 3.8) is 0 Å². The minimum atomic E-state index is 0.660. The van der Waals surface area contributed by atoms with Crippen LogP contribution in [0.4, 0.5) is 0 Å². The molecule has 3 nitrogen and oxygen atoms in total. The minimum absolute atomic E-state index is 0.660. The molecule has 0 atom stereocenters. The Labute approximate surface area is 129 Å². The number of nitrogens with one attached hydrogen (secondary N) is 1. The number of benzene rings is 1. The topological polar surface area (TPSA) is 24.5 Å². The lowest BCUT2D eigenvalue weighted by molar-refractivity contribution is 0.304. The molecule has 0 saturated heterocycles. The number of nitrogens with zero attached hydrogens (tertiary/aromatic N) is 1. The maximum Gasteiger partial charge on any atom is 0.140 e. The number of likely N-dealkylation sites (N-methyl/N-ethyl adjacent to an activating group) is 1. The molecule has 108 valence electrons. The van der Waals surface area contributed by atoms with E-state index in [0.717, 1.165) is 41.8 Å². The SMILES string of the molecule is Cc1cc(Br)cc(Cl)c1OCCCNCCN(C)C. The molecule has 5 heteroatoms. The number of halogens is 2. The Kier molecular flexibility index (Phi) is 7.76. The molecule has 1 aromatic carbocycles. The Balaban J connectivity index is 2.23. The number of ether oxygens (including phenoxy) is 1. The molecule has 0 spiro atoms. The number of hydrogen-bond acceptors (Lipinski definition) is 3. The fourth-order valence-corrected chi connectivity index (χ4v) is 2.70. The van der Waals surface area contributed by atoms with E-state index in [1.807, 2.05) is 19.1 Å². The molecule has 0 aliphatic rings. The van der Waals surface area contributed by atoms with Crippen LogP contribution in [0.2, 0.25) is 5.02 Å². The highest BCUT2D eigenvalue weighted by Gasteiger charge is 2.06. The summed E-state index contributed by atoms with van der Waals surface area (Å²) in [6, 6.07) is 3.87. The first-order valence-corrected chi connectivity index (χ1v) is 7.61. The summed E-state index contributed by atoms with van der Waals surface area (Å²) in [6.45, 7) is 5.70. The highest BCUT2D eigenvalue weighted by Crippen LogP contribution is 2.31. The fraction of sp³-hybridized carbons (Fsp3) is 0.571. The van der Waals surface area contributed by atoms with Crippen LogP contribution in [-0.2, 0) is 0 Å². The fourth-order valence-electron chi connectivity index (χ4n) is 1.67. The van der Waals surface area contributed by atoms with Crippen molar-refractivity contribution >= 4 is 27.5 Å². The third kappa shape index (κ3) is 6.61. The van der Waals surface area contributed by atoms with Gasteiger partial charge in [0.15, 0.2) is 0 Å². The highest BCUT2D eigenvalue weighted by atomic mass is 79.9. The van der Waals surface area contributed by atoms with E-state index in [1.165, 1.54) is 0 Å². The van der Waals surface area contributed by atoms with Crippen molar-refractivity contribution in [1.82, 2.24) is 10.2 Å². The molecule has 0 heterocycles. The average molecular weight is 350 g/mol. The third-order valence-electron chi connectivity index (χ3n) is 2.67. The van der Waals surface area contributed by atoms with Gasteiger partial charge in [-0.3, -0.25) is 0 Å². The summed E-state index contributed by atoms with van der Waals surface area (Å²) < 4.78 is 6.73. The molecule has 0 unspecified atom stereocenters. The maximum absolute atomic E-state index is 6.16. The predicted molar refractivity (Wildman–Crippen MR) is 85.4 cm³/mol. The molecular formula is C14H22BrClN2O. The van der Waals surface area contributed by atoms with Crippen molar-refractivity contribution in [3.05, 3.63) is 27.2 Å². The quantitative estimate of drug-likeness (QED) is 0.729. The van der Waals surface area contributed by atoms with Crippen LogP contribution in [0, 0.1) is 6.92 Å². The Morgan fingerprint density at radius 1 is 1.32 bits per heavy atom. The van der Waals surface area contributed by atoms with Crippen LogP contribution in [-0.4, -0.2) is 45.2 Å². The van der Waals surface area contributed by atoms with E-state index in [2.05, 4.69) is 40.2 Å². The summed E-state index contributed by atoms with van der Waals surface area (Å²) in [4.78, 5) is 2.16. The van der Waals surface area contributed by atoms with Crippen LogP contribution in [0.25, 0.3) is 0 Å². The molecule has 0 fully saturated rings. The Morgan fingerprint density at radius 2 is 2.05 bits per heavy atom. The largest absolute Gasteiger partial charge is 0.492 e. The molecule has 0 aliphatic carbocycles. The molecule has 0 aliphatic heterocycles. The Hall–Kier alpha value is -0.290. The highest BCUT2D eigenvalue weighted by molar-refractivity contribution is 9.10. The first-order chi connectivity index (χ1) is 9.00. The van der Waals surface area contributed by atoms with E-state index in [-0.39, 0.29) is 0 Å². The summed E-state index contributed by atoms with van der Waals surface area (Å²) in [5.41, 5.74) is 1.06. The Bertz CT molecular complexity index is 376. The van der Waals surface area contributed by atoms with Crippen LogP contribution in [0.5, 0.6) is 5.75 Å². The predicted octanol–water partition coefficient (Wildman–Crippen LogP) is 3.33. The van der Waals surface area contributed by atoms with Gasteiger partial charge in [0.25, 0.3) is 0 Å². The number of hydrogen-bond donors (Lipinski definition) is 1. The van der Waals surface area contributed by atoms with Gasteiger partial charge in [-0.1, -0.05) is 27.5 Å². The lowest BCUT2D eigenvalue weighted by atomic mass is 10.2. The minimum Gasteiger partial charge on any atom is -0.492 e. The van der Waals surface area contributed by atoms with E-state index in [0.29, 0.717) is 11.6 Å². The van der Waals surface area contributed by atoms with Crippen molar-refractivity contribution in [2.24, 2.45) is 0 Å². The summed E-state index contributed by atoms with van der Waals surface area (Å²) in [6.07, 6.45) is 0.971. The van der Waals surface area contributed by atoms with Gasteiger partial charge in [-0.2, -0.15) is 0 Å². The van der Waals surface area contributed by atoms with Crippen molar-refractivity contribution < 1.29 is 4.74 Å². The van der Waals surface area contributed by atoms with E-state index in [9.17, 15) is 0 Å². The monoisotopic (exact) mass is 348 g/mol. The van der Waals surface area contributed by atoms with E-state index < -0.39 is 0 Å². The zero-order chi connectivity index (χ0) is 14.3. The average Bonchev–Trinajstić information content (AvgIpc) is 2.30. The Morgan fingerprint density at radius 3 is 2.68 bits per heavy atom. The molecule has 1 rings (SSSR count). The van der Waals surface area contributed by atoms with Crippen LogP contribution in [0.15, 0.2) is 16.6 Å². The van der Waals surface area contributed by atoms with Gasteiger partial charge in [-0.25, -0.2) is 0 Å². The summed E-state index contributed by atoms with van der Waals surface area (Å²) in [7, 11) is 4.15. The molecule has 0 aromatic heterocycles. The number of rotatable bonds is 8. The molecule has 19 heavy (non-hydrogen) atoms. The van der Waals surface area contributed by atoms with E-state index >= 15 is 0 Å². The summed E-state index contributed by atoms with van der Waals surface area (Å²) >= 11 is 9.57. The van der Waals surface area contributed by atoms with Crippen molar-refractivity contribution in [2.75, 3.05) is 40.3 Å². The number of aryl methyl sites for hydroxylation is 1. The van der Waals surface area contributed by atoms with Gasteiger partial charge in [0, 0.05) is 17.6 Å². The first-order valence-electron chi connectivity index (χ1n) is 6.44. The standard InChI is InChI=1S/C14H22BrClN2O/c1-11-9-12(15)10-13(16)14(11)19-8-4-5-17-6-7-18(2)3/h9-10,17H,4-8H2,1-3H3. The molecule has 1 aromatic rings. The molecule has 0 amide bonds. The maximum atomic E-state index is 6.16. The van der Waals surface area contributed by atoms with Crippen LogP contribution >= 0.6 is 27.5 Å². The summed E-state index contributed by atoms with van der Waals surface area (Å²) in [5.74, 6) is 0.790. The van der Waals surface area contributed by atoms with Crippen LogP contribution in [0.3, 0.4) is 0 Å².